The molecule has 2 N–H and O–H groups in total. The van der Waals surface area contributed by atoms with Gasteiger partial charge in [-0.25, -0.2) is 4.39 Å². The van der Waals surface area contributed by atoms with Gasteiger partial charge in [0.1, 0.15) is 11.5 Å². The molecule has 0 bridgehead atoms. The molecular formula is C22H19ClFN5O. The summed E-state index contributed by atoms with van der Waals surface area (Å²) in [6.07, 6.45) is 0. The summed E-state index contributed by atoms with van der Waals surface area (Å²) >= 11 is 5.92. The fraction of sp³-hybridized carbons (Fsp3) is 0.136. The number of anilines is 1. The first-order valence-corrected chi connectivity index (χ1v) is 9.69. The Balaban J connectivity index is 1.51. The molecule has 0 atom stereocenters. The maximum absolute atomic E-state index is 13.1. The zero-order valence-electron chi connectivity index (χ0n) is 16.4. The Morgan fingerprint density at radius 2 is 1.83 bits per heavy atom. The molecule has 0 saturated heterocycles. The molecule has 8 heteroatoms. The highest BCUT2D eigenvalue weighted by atomic mass is 35.5. The SMILES string of the molecule is Cc1nn(Cc2ccc(F)cc2)c(C)c1NC(=O)c1cc(-c2ccc(Cl)cc2)n[nH]1. The maximum atomic E-state index is 13.1. The van der Waals surface area contributed by atoms with Gasteiger partial charge in [-0.2, -0.15) is 10.2 Å². The van der Waals surface area contributed by atoms with E-state index in [0.29, 0.717) is 34.3 Å². The second-order valence-corrected chi connectivity index (χ2v) is 7.39. The van der Waals surface area contributed by atoms with Gasteiger partial charge in [-0.05, 0) is 49.7 Å². The second-order valence-electron chi connectivity index (χ2n) is 6.96. The molecule has 152 valence electrons. The third-order valence-electron chi connectivity index (χ3n) is 4.83. The van der Waals surface area contributed by atoms with E-state index >= 15 is 0 Å². The minimum absolute atomic E-state index is 0.280. The van der Waals surface area contributed by atoms with Crippen LogP contribution in [-0.4, -0.2) is 25.9 Å². The number of nitrogens with zero attached hydrogens (tertiary/aromatic N) is 3. The number of benzene rings is 2. The fourth-order valence-electron chi connectivity index (χ4n) is 3.18. The average Bonchev–Trinajstić information content (AvgIpc) is 3.32. The molecule has 4 rings (SSSR count). The summed E-state index contributed by atoms with van der Waals surface area (Å²) in [6, 6.07) is 15.2. The Bertz CT molecular complexity index is 1200. The van der Waals surface area contributed by atoms with Crippen molar-refractivity contribution in [3.63, 3.8) is 0 Å². The molecule has 30 heavy (non-hydrogen) atoms. The van der Waals surface area contributed by atoms with Gasteiger partial charge in [0.25, 0.3) is 5.91 Å². The van der Waals surface area contributed by atoms with E-state index in [1.807, 2.05) is 26.0 Å². The molecule has 2 aromatic heterocycles. The first kappa shape index (κ1) is 19.8. The van der Waals surface area contributed by atoms with Crippen LogP contribution >= 0.6 is 11.6 Å². The van der Waals surface area contributed by atoms with Crippen molar-refractivity contribution < 1.29 is 9.18 Å². The van der Waals surface area contributed by atoms with E-state index in [1.165, 1.54) is 12.1 Å². The van der Waals surface area contributed by atoms with Crippen molar-refractivity contribution in [3.8, 4) is 11.3 Å². The summed E-state index contributed by atoms with van der Waals surface area (Å²) in [5.41, 5.74) is 4.91. The lowest BCUT2D eigenvalue weighted by Gasteiger charge is -2.07. The highest BCUT2D eigenvalue weighted by Crippen LogP contribution is 2.23. The van der Waals surface area contributed by atoms with E-state index in [4.69, 9.17) is 11.6 Å². The van der Waals surface area contributed by atoms with Gasteiger partial charge in [0.2, 0.25) is 0 Å². The van der Waals surface area contributed by atoms with E-state index in [0.717, 1.165) is 16.8 Å². The van der Waals surface area contributed by atoms with Crippen molar-refractivity contribution in [2.75, 3.05) is 5.32 Å². The Morgan fingerprint density at radius 1 is 1.13 bits per heavy atom. The molecule has 2 heterocycles. The van der Waals surface area contributed by atoms with Crippen LogP contribution in [0.1, 0.15) is 27.4 Å². The number of carbonyl (C=O) groups is 1. The molecule has 2 aromatic carbocycles. The monoisotopic (exact) mass is 423 g/mol. The minimum Gasteiger partial charge on any atom is -0.318 e. The Labute approximate surface area is 177 Å². The number of rotatable bonds is 5. The summed E-state index contributed by atoms with van der Waals surface area (Å²) in [5.74, 6) is -0.590. The van der Waals surface area contributed by atoms with Gasteiger partial charge in [-0.3, -0.25) is 14.6 Å². The summed E-state index contributed by atoms with van der Waals surface area (Å²) in [4.78, 5) is 12.7. The van der Waals surface area contributed by atoms with E-state index in [9.17, 15) is 9.18 Å². The largest absolute Gasteiger partial charge is 0.318 e. The zero-order chi connectivity index (χ0) is 21.3. The lowest BCUT2D eigenvalue weighted by molar-refractivity contribution is 0.102. The number of aryl methyl sites for hydroxylation is 1. The van der Waals surface area contributed by atoms with Gasteiger partial charge in [-0.15, -0.1) is 0 Å². The van der Waals surface area contributed by atoms with Gasteiger partial charge in [-0.1, -0.05) is 35.9 Å². The van der Waals surface area contributed by atoms with Crippen molar-refractivity contribution in [2.24, 2.45) is 0 Å². The molecule has 0 aliphatic carbocycles. The van der Waals surface area contributed by atoms with Crippen LogP contribution in [0.3, 0.4) is 0 Å². The summed E-state index contributed by atoms with van der Waals surface area (Å²) in [7, 11) is 0. The molecule has 6 nitrogen and oxygen atoms in total. The van der Waals surface area contributed by atoms with Crippen molar-refractivity contribution in [3.05, 3.63) is 88.1 Å². The van der Waals surface area contributed by atoms with Crippen LogP contribution in [0.5, 0.6) is 0 Å². The molecule has 0 saturated carbocycles. The minimum atomic E-state index is -0.310. The van der Waals surface area contributed by atoms with Crippen molar-refractivity contribution in [1.29, 1.82) is 0 Å². The first-order chi connectivity index (χ1) is 14.4. The number of halogens is 2. The normalized spacial score (nSPS) is 10.9. The topological polar surface area (TPSA) is 75.6 Å². The van der Waals surface area contributed by atoms with E-state index in [-0.39, 0.29) is 11.7 Å². The van der Waals surface area contributed by atoms with Gasteiger partial charge < -0.3 is 5.32 Å². The molecule has 0 aliphatic rings. The molecule has 1 amide bonds. The molecule has 4 aromatic rings. The molecule has 0 spiro atoms. The Hall–Kier alpha value is -3.45. The maximum Gasteiger partial charge on any atom is 0.273 e. The zero-order valence-corrected chi connectivity index (χ0v) is 17.2. The van der Waals surface area contributed by atoms with Crippen LogP contribution in [0.15, 0.2) is 54.6 Å². The molecule has 0 radical (unpaired) electrons. The average molecular weight is 424 g/mol. The molecular weight excluding hydrogens is 405 g/mol. The lowest BCUT2D eigenvalue weighted by atomic mass is 10.1. The smallest absolute Gasteiger partial charge is 0.273 e. The Kier molecular flexibility index (Phi) is 5.37. The third-order valence-corrected chi connectivity index (χ3v) is 5.08. The standard InChI is InChI=1S/C22H19ClFN5O/c1-13-21(14(2)29(28-13)12-15-3-9-18(24)10-4-15)25-22(30)20-11-19(26-27-20)16-5-7-17(23)8-6-16/h3-11H,12H2,1-2H3,(H,25,30)(H,26,27). The number of amides is 1. The molecule has 0 unspecified atom stereocenters. The van der Waals surface area contributed by atoms with Crippen molar-refractivity contribution >= 4 is 23.2 Å². The van der Waals surface area contributed by atoms with Crippen LogP contribution in [0.25, 0.3) is 11.3 Å². The third kappa shape index (κ3) is 4.11. The van der Waals surface area contributed by atoms with Crippen LogP contribution in [0.2, 0.25) is 5.02 Å². The highest BCUT2D eigenvalue weighted by molar-refractivity contribution is 6.30. The number of carbonyl (C=O) groups excluding carboxylic acids is 1. The quantitative estimate of drug-likeness (QED) is 0.475. The van der Waals surface area contributed by atoms with Crippen LogP contribution < -0.4 is 5.32 Å². The number of aromatic amines is 1. The number of hydrogen-bond donors (Lipinski definition) is 2. The van der Waals surface area contributed by atoms with Crippen LogP contribution in [0.4, 0.5) is 10.1 Å². The number of hydrogen-bond acceptors (Lipinski definition) is 3. The summed E-state index contributed by atoms with van der Waals surface area (Å²) in [6.45, 7) is 4.19. The van der Waals surface area contributed by atoms with Crippen molar-refractivity contribution in [1.82, 2.24) is 20.0 Å². The predicted molar refractivity (Wildman–Crippen MR) is 114 cm³/mol. The van der Waals surface area contributed by atoms with Gasteiger partial charge in [0.15, 0.2) is 0 Å². The fourth-order valence-corrected chi connectivity index (χ4v) is 3.31. The van der Waals surface area contributed by atoms with Gasteiger partial charge in [0.05, 0.1) is 29.3 Å². The van der Waals surface area contributed by atoms with E-state index in [1.54, 1.807) is 35.0 Å². The number of nitrogens with one attached hydrogen (secondary N) is 2. The number of H-pyrrole nitrogens is 1. The lowest BCUT2D eigenvalue weighted by Crippen LogP contribution is -2.14. The summed E-state index contributed by atoms with van der Waals surface area (Å²) < 4.78 is 14.9. The van der Waals surface area contributed by atoms with Gasteiger partial charge >= 0.3 is 0 Å². The second kappa shape index (κ2) is 8.12. The number of aromatic nitrogens is 4. The van der Waals surface area contributed by atoms with Crippen molar-refractivity contribution in [2.45, 2.75) is 20.4 Å². The first-order valence-electron chi connectivity index (χ1n) is 9.32. The van der Waals surface area contributed by atoms with Crippen LogP contribution in [0, 0.1) is 19.7 Å². The molecule has 0 aliphatic heterocycles. The van der Waals surface area contributed by atoms with E-state index < -0.39 is 0 Å². The predicted octanol–water partition coefficient (Wildman–Crippen LogP) is 4.98. The Morgan fingerprint density at radius 3 is 2.53 bits per heavy atom. The van der Waals surface area contributed by atoms with E-state index in [2.05, 4.69) is 20.6 Å². The molecule has 0 fully saturated rings. The van der Waals surface area contributed by atoms with Crippen LogP contribution in [-0.2, 0) is 6.54 Å². The van der Waals surface area contributed by atoms with Gasteiger partial charge in [0, 0.05) is 10.6 Å². The summed E-state index contributed by atoms with van der Waals surface area (Å²) in [5, 5.41) is 15.0. The highest BCUT2D eigenvalue weighted by Gasteiger charge is 2.17.